The Morgan fingerprint density at radius 1 is 1.47 bits per heavy atom. The van der Waals surface area contributed by atoms with Crippen LogP contribution in [0.5, 0.6) is 0 Å². The first-order valence-electron chi connectivity index (χ1n) is 5.59. The van der Waals surface area contributed by atoms with Crippen molar-refractivity contribution in [2.45, 2.75) is 19.4 Å². The minimum absolute atomic E-state index is 0.350. The number of anilines is 2. The highest BCUT2D eigenvalue weighted by Gasteiger charge is 2.09. The smallest absolute Gasteiger partial charge is 0.225 e. The second-order valence-electron chi connectivity index (χ2n) is 3.73. The van der Waals surface area contributed by atoms with Crippen molar-refractivity contribution in [3.8, 4) is 0 Å². The maximum Gasteiger partial charge on any atom is 0.225 e. The lowest BCUT2D eigenvalue weighted by Gasteiger charge is -2.11. The molecule has 3 N–H and O–H groups in total. The number of nitrogens with one attached hydrogen (secondary N) is 2. The van der Waals surface area contributed by atoms with Crippen molar-refractivity contribution in [1.29, 1.82) is 0 Å². The zero-order valence-electron chi connectivity index (χ0n) is 9.90. The normalized spacial score (nSPS) is 12.6. The lowest BCUT2D eigenvalue weighted by molar-refractivity contribution is 0.183. The van der Waals surface area contributed by atoms with Crippen LogP contribution in [0.2, 0.25) is 0 Å². The van der Waals surface area contributed by atoms with Crippen LogP contribution in [-0.4, -0.2) is 34.8 Å². The minimum Gasteiger partial charge on any atom is -0.391 e. The van der Waals surface area contributed by atoms with Crippen LogP contribution >= 0.6 is 11.3 Å². The van der Waals surface area contributed by atoms with E-state index >= 15 is 0 Å². The van der Waals surface area contributed by atoms with Crippen LogP contribution < -0.4 is 10.6 Å². The highest BCUT2D eigenvalue weighted by atomic mass is 32.1. The molecule has 0 radical (unpaired) electrons. The van der Waals surface area contributed by atoms with Crippen LogP contribution in [0.4, 0.5) is 11.8 Å². The van der Waals surface area contributed by atoms with Crippen LogP contribution in [0, 0.1) is 0 Å². The molecule has 6 heteroatoms. The van der Waals surface area contributed by atoms with Crippen molar-refractivity contribution in [1.82, 2.24) is 9.97 Å². The summed E-state index contributed by atoms with van der Waals surface area (Å²) in [7, 11) is 1.79. The van der Waals surface area contributed by atoms with Crippen LogP contribution in [0.1, 0.15) is 13.3 Å². The molecule has 2 rings (SSSR count). The Balaban J connectivity index is 2.27. The second-order valence-corrected chi connectivity index (χ2v) is 4.62. The van der Waals surface area contributed by atoms with E-state index in [4.69, 9.17) is 0 Å². The molecule has 0 aromatic carbocycles. The van der Waals surface area contributed by atoms with E-state index in [1.807, 2.05) is 18.4 Å². The van der Waals surface area contributed by atoms with E-state index in [0.29, 0.717) is 12.5 Å². The quantitative estimate of drug-likeness (QED) is 0.758. The number of hydrogen-bond acceptors (Lipinski definition) is 6. The zero-order chi connectivity index (χ0) is 12.3. The summed E-state index contributed by atoms with van der Waals surface area (Å²) in [6.07, 6.45) is 0.376. The molecule has 0 spiro atoms. The van der Waals surface area contributed by atoms with E-state index in [0.717, 1.165) is 22.5 Å². The lowest BCUT2D eigenvalue weighted by atomic mass is 10.3. The Labute approximate surface area is 104 Å². The van der Waals surface area contributed by atoms with Gasteiger partial charge in [0.1, 0.15) is 10.6 Å². The van der Waals surface area contributed by atoms with Gasteiger partial charge >= 0.3 is 0 Å². The van der Waals surface area contributed by atoms with Gasteiger partial charge in [0.25, 0.3) is 0 Å². The number of nitrogens with zero attached hydrogens (tertiary/aromatic N) is 2. The van der Waals surface area contributed by atoms with Gasteiger partial charge in [-0.2, -0.15) is 4.98 Å². The van der Waals surface area contributed by atoms with E-state index in [9.17, 15) is 5.11 Å². The van der Waals surface area contributed by atoms with E-state index in [2.05, 4.69) is 20.6 Å². The predicted octanol–water partition coefficient (Wildman–Crippen LogP) is 1.92. The van der Waals surface area contributed by atoms with Crippen molar-refractivity contribution >= 4 is 33.3 Å². The fraction of sp³-hybridized carbons (Fsp3) is 0.455. The standard InChI is InChI=1S/C11H16N4OS/c1-3-7(16)6-13-9-8-4-5-17-10(8)15-11(12-2)14-9/h4-5,7,16H,3,6H2,1-2H3,(H2,12,13,14,15). The van der Waals surface area contributed by atoms with Crippen LogP contribution in [0.3, 0.4) is 0 Å². The van der Waals surface area contributed by atoms with E-state index in [1.165, 1.54) is 0 Å². The summed E-state index contributed by atoms with van der Waals surface area (Å²) in [5.41, 5.74) is 0. The molecule has 5 nitrogen and oxygen atoms in total. The Hall–Kier alpha value is -1.40. The SMILES string of the molecule is CCC(O)CNc1nc(NC)nc2sccc12. The summed E-state index contributed by atoms with van der Waals surface area (Å²) >= 11 is 1.58. The first-order chi connectivity index (χ1) is 8.24. The number of aromatic nitrogens is 2. The molecule has 2 aromatic heterocycles. The van der Waals surface area contributed by atoms with Gasteiger partial charge in [0, 0.05) is 13.6 Å². The Morgan fingerprint density at radius 3 is 3.00 bits per heavy atom. The van der Waals surface area contributed by atoms with Crippen molar-refractivity contribution in [3.63, 3.8) is 0 Å². The number of aliphatic hydroxyl groups excluding tert-OH is 1. The predicted molar refractivity (Wildman–Crippen MR) is 71.7 cm³/mol. The fourth-order valence-corrected chi connectivity index (χ4v) is 2.22. The number of hydrogen-bond donors (Lipinski definition) is 3. The topological polar surface area (TPSA) is 70.1 Å². The fourth-order valence-electron chi connectivity index (χ4n) is 1.46. The van der Waals surface area contributed by atoms with Crippen molar-refractivity contribution < 1.29 is 5.11 Å². The highest BCUT2D eigenvalue weighted by molar-refractivity contribution is 7.16. The molecule has 1 atom stereocenters. The number of aliphatic hydroxyl groups is 1. The minimum atomic E-state index is -0.350. The molecule has 0 aliphatic carbocycles. The first-order valence-corrected chi connectivity index (χ1v) is 6.47. The Bertz CT molecular complexity index is 499. The Kier molecular flexibility index (Phi) is 3.75. The lowest BCUT2D eigenvalue weighted by Crippen LogP contribution is -2.19. The summed E-state index contributed by atoms with van der Waals surface area (Å²) in [4.78, 5) is 9.66. The number of fused-ring (bicyclic) bond motifs is 1. The van der Waals surface area contributed by atoms with E-state index < -0.39 is 0 Å². The maximum atomic E-state index is 9.55. The summed E-state index contributed by atoms with van der Waals surface area (Å²) in [5.74, 6) is 1.36. The average molecular weight is 252 g/mol. The molecule has 0 amide bonds. The third kappa shape index (κ3) is 2.65. The van der Waals surface area contributed by atoms with Crippen LogP contribution in [0.15, 0.2) is 11.4 Å². The van der Waals surface area contributed by atoms with E-state index in [1.54, 1.807) is 18.4 Å². The third-order valence-electron chi connectivity index (χ3n) is 2.53. The van der Waals surface area contributed by atoms with Gasteiger partial charge in [-0.25, -0.2) is 4.98 Å². The molecule has 0 fully saturated rings. The molecular formula is C11H16N4OS. The summed E-state index contributed by atoms with van der Waals surface area (Å²) < 4.78 is 0. The molecule has 2 heterocycles. The third-order valence-corrected chi connectivity index (χ3v) is 3.33. The van der Waals surface area contributed by atoms with Crippen molar-refractivity contribution in [2.75, 3.05) is 24.2 Å². The highest BCUT2D eigenvalue weighted by Crippen LogP contribution is 2.26. The first kappa shape index (κ1) is 12.1. The van der Waals surface area contributed by atoms with Gasteiger partial charge < -0.3 is 15.7 Å². The van der Waals surface area contributed by atoms with Crippen molar-refractivity contribution in [2.24, 2.45) is 0 Å². The van der Waals surface area contributed by atoms with Gasteiger partial charge in [-0.3, -0.25) is 0 Å². The van der Waals surface area contributed by atoms with Gasteiger partial charge in [-0.05, 0) is 17.9 Å². The van der Waals surface area contributed by atoms with Gasteiger partial charge in [0.15, 0.2) is 0 Å². The zero-order valence-corrected chi connectivity index (χ0v) is 10.7. The Morgan fingerprint density at radius 2 is 2.29 bits per heavy atom. The summed E-state index contributed by atoms with van der Waals surface area (Å²) in [6.45, 7) is 2.45. The van der Waals surface area contributed by atoms with Crippen molar-refractivity contribution in [3.05, 3.63) is 11.4 Å². The van der Waals surface area contributed by atoms with Gasteiger partial charge in [0.2, 0.25) is 5.95 Å². The van der Waals surface area contributed by atoms with Gasteiger partial charge in [-0.1, -0.05) is 6.92 Å². The van der Waals surface area contributed by atoms with Gasteiger partial charge in [0.05, 0.1) is 11.5 Å². The molecule has 17 heavy (non-hydrogen) atoms. The molecule has 0 aliphatic rings. The number of rotatable bonds is 5. The molecule has 0 saturated carbocycles. The summed E-state index contributed by atoms with van der Waals surface area (Å²) in [6, 6.07) is 1.99. The molecule has 0 saturated heterocycles. The largest absolute Gasteiger partial charge is 0.391 e. The van der Waals surface area contributed by atoms with E-state index in [-0.39, 0.29) is 6.10 Å². The monoisotopic (exact) mass is 252 g/mol. The molecule has 0 bridgehead atoms. The molecule has 0 aliphatic heterocycles. The van der Waals surface area contributed by atoms with Crippen LogP contribution in [-0.2, 0) is 0 Å². The molecule has 1 unspecified atom stereocenters. The summed E-state index contributed by atoms with van der Waals surface area (Å²) in [5, 5.41) is 18.6. The maximum absolute atomic E-state index is 9.55. The van der Waals surface area contributed by atoms with Crippen LogP contribution in [0.25, 0.3) is 10.2 Å². The molecule has 92 valence electrons. The molecular weight excluding hydrogens is 236 g/mol. The molecule has 2 aromatic rings. The second kappa shape index (κ2) is 5.29. The number of thiophene rings is 1. The average Bonchev–Trinajstić information content (AvgIpc) is 2.83. The van der Waals surface area contributed by atoms with Gasteiger partial charge in [-0.15, -0.1) is 11.3 Å².